The van der Waals surface area contributed by atoms with E-state index in [2.05, 4.69) is 595 Å². The summed E-state index contributed by atoms with van der Waals surface area (Å²) < 4.78 is 0. The number of rotatable bonds is 15. The summed E-state index contributed by atoms with van der Waals surface area (Å²) in [5, 5.41) is 0. The fourth-order valence-electron chi connectivity index (χ4n) is 22.7. The molecule has 0 saturated carbocycles. The maximum atomic E-state index is 2.48. The normalized spacial score (nSPS) is 12.7. The van der Waals surface area contributed by atoms with Crippen LogP contribution in [0.1, 0.15) is 33.4 Å². The van der Waals surface area contributed by atoms with Crippen molar-refractivity contribution in [3.8, 4) is 0 Å². The second kappa shape index (κ2) is 37.0. The molecule has 0 aliphatic carbocycles. The first kappa shape index (κ1) is 87.5. The Labute approximate surface area is 845 Å². The van der Waals surface area contributed by atoms with Crippen molar-refractivity contribution in [1.82, 2.24) is 0 Å². The molecule has 27 rings (SSSR count). The monoisotopic (exact) mass is 1850 g/mol. The van der Waals surface area contributed by atoms with Crippen LogP contribution in [0, 0.1) is 41.5 Å². The number of anilines is 27. The lowest BCUT2D eigenvalue weighted by molar-refractivity contribution is 1.23. The van der Waals surface area contributed by atoms with E-state index in [9.17, 15) is 0 Å². The number of aryl methyl sites for hydroxylation is 6. The molecule has 0 aromatic heterocycles. The van der Waals surface area contributed by atoms with Crippen LogP contribution in [0.3, 0.4) is 0 Å². The zero-order valence-corrected chi connectivity index (χ0v) is 81.3. The molecule has 6 aliphatic heterocycles. The van der Waals surface area contributed by atoms with Gasteiger partial charge in [0.2, 0.25) is 0 Å². The molecule has 0 saturated heterocycles. The minimum atomic E-state index is 0.0836. The van der Waals surface area contributed by atoms with Crippen molar-refractivity contribution in [1.29, 1.82) is 0 Å². The van der Waals surface area contributed by atoms with Crippen molar-refractivity contribution in [2.45, 2.75) is 41.5 Å². The average molecular weight is 1850 g/mol. The van der Waals surface area contributed by atoms with E-state index in [4.69, 9.17) is 0 Å². The zero-order chi connectivity index (χ0) is 96.6. The Balaban J connectivity index is 0.000000113. The fraction of sp³-hybridized carbons (Fsp3) is 0.0455. The molecular weight excluding hydrogens is 1740 g/mol. The topological polar surface area (TPSA) is 29.2 Å². The van der Waals surface area contributed by atoms with Crippen LogP contribution in [0.15, 0.2) is 510 Å². The maximum Gasteiger partial charge on any atom is 0.252 e. The highest BCUT2D eigenvalue weighted by Gasteiger charge is 2.48. The van der Waals surface area contributed by atoms with Crippen LogP contribution >= 0.6 is 0 Å². The van der Waals surface area contributed by atoms with Gasteiger partial charge in [0.05, 0.1) is 0 Å². The molecule has 684 valence electrons. The van der Waals surface area contributed by atoms with Crippen molar-refractivity contribution >= 4 is 223 Å². The van der Waals surface area contributed by atoms with E-state index in [0.29, 0.717) is 0 Å². The van der Waals surface area contributed by atoms with Crippen molar-refractivity contribution in [2.24, 2.45) is 0 Å². The summed E-state index contributed by atoms with van der Waals surface area (Å²) in [6, 6.07) is 186. The lowest BCUT2D eigenvalue weighted by Crippen LogP contribution is -2.61. The van der Waals surface area contributed by atoms with Crippen molar-refractivity contribution in [3.63, 3.8) is 0 Å². The molecule has 6 aliphatic rings. The van der Waals surface area contributed by atoms with Crippen LogP contribution in [-0.2, 0) is 0 Å². The molecule has 12 heteroatoms. The van der Waals surface area contributed by atoms with Crippen LogP contribution in [0.4, 0.5) is 154 Å². The highest BCUT2D eigenvalue weighted by atomic mass is 15.2. The molecule has 21 aromatic rings. The molecule has 0 fully saturated rings. The average Bonchev–Trinajstić information content (AvgIpc) is 0.706. The summed E-state index contributed by atoms with van der Waals surface area (Å²) in [6.07, 6.45) is 0. The third-order valence-corrected chi connectivity index (χ3v) is 29.3. The molecule has 0 atom stereocenters. The van der Waals surface area contributed by atoms with Gasteiger partial charge in [-0.3, -0.25) is 0 Å². The lowest BCUT2D eigenvalue weighted by Gasteiger charge is -2.44. The van der Waals surface area contributed by atoms with Crippen molar-refractivity contribution in [3.05, 3.63) is 543 Å². The fourth-order valence-corrected chi connectivity index (χ4v) is 22.7. The second-order valence-corrected chi connectivity index (χ2v) is 38.4. The summed E-state index contributed by atoms with van der Waals surface area (Å²) in [7, 11) is 0. The molecule has 0 radical (unpaired) electrons. The predicted octanol–water partition coefficient (Wildman–Crippen LogP) is 29.6. The molecule has 0 spiro atoms. The number of hydrogen-bond donors (Lipinski definition) is 0. The van der Waals surface area contributed by atoms with Crippen LogP contribution < -0.4 is 93.3 Å². The van der Waals surface area contributed by atoms with Gasteiger partial charge in [0.25, 0.3) is 20.1 Å². The summed E-state index contributed by atoms with van der Waals surface area (Å²) in [5.74, 6) is 0. The number of nitrogens with zero attached hydrogens (tertiary/aromatic N) is 9. The van der Waals surface area contributed by atoms with Gasteiger partial charge < -0.3 is 44.1 Å². The van der Waals surface area contributed by atoms with Crippen molar-refractivity contribution in [2.75, 3.05) is 44.1 Å². The molecule has 0 amide bonds. The number of hydrogen-bond acceptors (Lipinski definition) is 9. The predicted molar refractivity (Wildman–Crippen MR) is 614 cm³/mol. The number of benzene rings is 21. The summed E-state index contributed by atoms with van der Waals surface area (Å²) in [4.78, 5) is 21.8. The van der Waals surface area contributed by atoms with Crippen LogP contribution in [-0.4, -0.2) is 20.1 Å². The number of fused-ring (bicyclic) bond motifs is 12. The minimum absolute atomic E-state index is 0.0836. The first-order valence-corrected chi connectivity index (χ1v) is 50.0. The van der Waals surface area contributed by atoms with Gasteiger partial charge in [0, 0.05) is 154 Å². The first-order valence-electron chi connectivity index (χ1n) is 50.0. The van der Waals surface area contributed by atoms with Gasteiger partial charge in [-0.1, -0.05) is 306 Å². The SMILES string of the molecule is Cc1ccc(N(c2ccc(C)cc2)c2ccc3c(c2)N(c2ccc(C)cc2)c2cccc4c2B3c2ccccc2N4c2ccccc2)cc1.Cc1ccc(N(c2ccccc2)c2ccc3c(c2)N(c2ccc(C)cc2)c2cccc4c2B3c2ccccc2N4c2ccccc2)cc1.Cc1ccc(N2c3cc(N(c4ccccc4)c4ccccc4)ccc3B3c4ccccc4N(c4ccccc4)c4cccc2c43)cc1. The van der Waals surface area contributed by atoms with Gasteiger partial charge in [-0.15, -0.1) is 0 Å². The Morgan fingerprint density at radius 1 is 0.132 bits per heavy atom. The first-order chi connectivity index (χ1) is 71.0. The summed E-state index contributed by atoms with van der Waals surface area (Å²) in [6.45, 7) is 13.1. The van der Waals surface area contributed by atoms with E-state index in [1.165, 1.54) is 151 Å². The standard InChI is InChI=1S/C45H36BN3.C44H34BN3.C43H32BN3/c1-31-16-22-35(23-17-31)47(36-24-18-32(2)19-25-36)38-28-29-40-44(30-38)49(37-26-20-33(3)21-27-37)43-15-9-14-42-45(43)46(40)39-12-7-8-13-41(39)48(42)34-10-5-4-6-11-34;1-31-20-24-35(25-21-31)46(33-12-5-3-6-13-33)37-28-29-39-43(30-37)48(36-26-22-32(2)23-27-36)42-19-11-18-41-44(42)45(39)38-16-9-10-17-40(38)47(41)34-14-7-4-8-15-34;1-31-24-26-35(27-25-31)47-41-23-13-22-40-43(41)44(37-20-11-12-21-39(37)46(40)34-18-9-4-10-19-34)38-29-28-36(30-42(38)47)45(32-14-5-2-6-15-32)33-16-7-3-8-17-33/h4-30H,1-3H3;3-30H,1-2H3;2-30H,1H3. The largest absolute Gasteiger partial charge is 0.311 e. The smallest absolute Gasteiger partial charge is 0.252 e. The van der Waals surface area contributed by atoms with E-state index in [0.717, 1.165) is 85.3 Å². The van der Waals surface area contributed by atoms with Gasteiger partial charge in [-0.05, 0) is 327 Å². The second-order valence-electron chi connectivity index (χ2n) is 38.4. The maximum absolute atomic E-state index is 2.48. The van der Waals surface area contributed by atoms with Gasteiger partial charge in [-0.25, -0.2) is 0 Å². The Bertz CT molecular complexity index is 8270. The van der Waals surface area contributed by atoms with Crippen molar-refractivity contribution < 1.29 is 0 Å². The highest BCUT2D eigenvalue weighted by molar-refractivity contribution is 7.02. The molecule has 0 bridgehead atoms. The molecule has 144 heavy (non-hydrogen) atoms. The Morgan fingerprint density at radius 2 is 0.299 bits per heavy atom. The third kappa shape index (κ3) is 15.5. The molecule has 9 nitrogen and oxygen atoms in total. The van der Waals surface area contributed by atoms with Crippen LogP contribution in [0.5, 0.6) is 0 Å². The Hall–Kier alpha value is -18.0. The van der Waals surface area contributed by atoms with Gasteiger partial charge in [0.15, 0.2) is 0 Å². The Kier molecular flexibility index (Phi) is 22.5. The molecular formula is C132H102B3N9. The van der Waals surface area contributed by atoms with E-state index >= 15 is 0 Å². The molecule has 0 N–H and O–H groups in total. The van der Waals surface area contributed by atoms with Crippen LogP contribution in [0.25, 0.3) is 0 Å². The van der Waals surface area contributed by atoms with E-state index < -0.39 is 0 Å². The third-order valence-electron chi connectivity index (χ3n) is 29.3. The zero-order valence-electron chi connectivity index (χ0n) is 81.3. The quantitative estimate of drug-likeness (QED) is 0.0931. The van der Waals surface area contributed by atoms with E-state index in [-0.39, 0.29) is 20.1 Å². The van der Waals surface area contributed by atoms with Gasteiger partial charge >= 0.3 is 0 Å². The molecule has 0 unspecified atom stereocenters. The van der Waals surface area contributed by atoms with E-state index in [1.807, 2.05) is 0 Å². The van der Waals surface area contributed by atoms with E-state index in [1.54, 1.807) is 0 Å². The highest BCUT2D eigenvalue weighted by Crippen LogP contribution is 2.52. The molecule has 6 heterocycles. The lowest BCUT2D eigenvalue weighted by atomic mass is 9.33. The minimum Gasteiger partial charge on any atom is -0.311 e. The van der Waals surface area contributed by atoms with Gasteiger partial charge in [-0.2, -0.15) is 0 Å². The summed E-state index contributed by atoms with van der Waals surface area (Å²) in [5.41, 5.74) is 51.0. The molecule has 21 aromatic carbocycles. The Morgan fingerprint density at radius 3 is 0.535 bits per heavy atom. The summed E-state index contributed by atoms with van der Waals surface area (Å²) >= 11 is 0. The van der Waals surface area contributed by atoms with Crippen LogP contribution in [0.2, 0.25) is 0 Å². The number of para-hydroxylation sites is 9. The van der Waals surface area contributed by atoms with Gasteiger partial charge in [0.1, 0.15) is 0 Å².